The molecular formula is C20H23NO2. The molecule has 0 radical (unpaired) electrons. The molecule has 0 atom stereocenters. The summed E-state index contributed by atoms with van der Waals surface area (Å²) in [6.07, 6.45) is 2.28. The lowest BCUT2D eigenvalue weighted by Gasteiger charge is -2.13. The molecule has 0 N–H and O–H groups in total. The van der Waals surface area contributed by atoms with E-state index < -0.39 is 0 Å². The first-order valence-corrected chi connectivity index (χ1v) is 7.61. The molecule has 0 aliphatic carbocycles. The summed E-state index contributed by atoms with van der Waals surface area (Å²) in [5.41, 5.74) is 5.74. The van der Waals surface area contributed by atoms with E-state index in [1.165, 1.54) is 35.6 Å². The van der Waals surface area contributed by atoms with Crippen molar-refractivity contribution in [2.45, 2.75) is 13.3 Å². The van der Waals surface area contributed by atoms with Crippen molar-refractivity contribution in [1.29, 1.82) is 0 Å². The number of rotatable bonds is 5. The Morgan fingerprint density at radius 3 is 2.00 bits per heavy atom. The molecule has 0 aromatic heterocycles. The number of anilines is 1. The predicted octanol–water partition coefficient (Wildman–Crippen LogP) is 4.08. The fourth-order valence-corrected chi connectivity index (χ4v) is 2.40. The highest BCUT2D eigenvalue weighted by atomic mass is 16.5. The molecule has 0 aliphatic rings. The summed E-state index contributed by atoms with van der Waals surface area (Å²) < 4.78 is 4.64. The monoisotopic (exact) mass is 309 g/mol. The van der Waals surface area contributed by atoms with E-state index in [4.69, 9.17) is 0 Å². The summed E-state index contributed by atoms with van der Waals surface area (Å²) in [6.45, 7) is 1.94. The van der Waals surface area contributed by atoms with Crippen LogP contribution >= 0.6 is 0 Å². The van der Waals surface area contributed by atoms with Crippen molar-refractivity contribution in [3.8, 4) is 11.1 Å². The molecular weight excluding hydrogens is 286 g/mol. The van der Waals surface area contributed by atoms with Crippen molar-refractivity contribution in [2.24, 2.45) is 0 Å². The third-order valence-corrected chi connectivity index (χ3v) is 3.72. The average Bonchev–Trinajstić information content (AvgIpc) is 2.55. The van der Waals surface area contributed by atoms with E-state index in [1.54, 1.807) is 0 Å². The lowest BCUT2D eigenvalue weighted by Crippen LogP contribution is -2.07. The Balaban J connectivity index is 2.10. The van der Waals surface area contributed by atoms with Crippen LogP contribution in [0.1, 0.15) is 12.5 Å². The number of allylic oxidation sites excluding steroid dienone is 1. The van der Waals surface area contributed by atoms with Gasteiger partial charge in [0.2, 0.25) is 0 Å². The molecule has 3 heteroatoms. The molecule has 0 saturated heterocycles. The molecule has 2 aromatic carbocycles. The van der Waals surface area contributed by atoms with Gasteiger partial charge in [-0.25, -0.2) is 4.79 Å². The van der Waals surface area contributed by atoms with Crippen LogP contribution < -0.4 is 4.90 Å². The number of carbonyl (C=O) groups excluding carboxylic acids is 1. The van der Waals surface area contributed by atoms with Gasteiger partial charge in [-0.3, -0.25) is 0 Å². The second-order valence-electron chi connectivity index (χ2n) is 5.83. The predicted molar refractivity (Wildman–Crippen MR) is 95.7 cm³/mol. The summed E-state index contributed by atoms with van der Waals surface area (Å²) in [6, 6.07) is 16.9. The Bertz CT molecular complexity index is 683. The molecule has 0 saturated carbocycles. The maximum absolute atomic E-state index is 11.2. The van der Waals surface area contributed by atoms with Crippen LogP contribution in [-0.2, 0) is 16.0 Å². The van der Waals surface area contributed by atoms with Gasteiger partial charge >= 0.3 is 5.97 Å². The van der Waals surface area contributed by atoms with Gasteiger partial charge in [-0.2, -0.15) is 0 Å². The second kappa shape index (κ2) is 7.63. The average molecular weight is 309 g/mol. The Labute approximate surface area is 138 Å². The van der Waals surface area contributed by atoms with E-state index in [0.717, 1.165) is 12.0 Å². The zero-order valence-corrected chi connectivity index (χ0v) is 14.2. The van der Waals surface area contributed by atoms with Gasteiger partial charge in [0.1, 0.15) is 0 Å². The Hall–Kier alpha value is -2.55. The van der Waals surface area contributed by atoms with Crippen molar-refractivity contribution in [1.82, 2.24) is 0 Å². The number of ether oxygens (including phenoxy) is 1. The molecule has 23 heavy (non-hydrogen) atoms. The van der Waals surface area contributed by atoms with E-state index in [1.807, 2.05) is 21.0 Å². The molecule has 0 unspecified atom stereocenters. The normalized spacial score (nSPS) is 11.2. The first-order valence-electron chi connectivity index (χ1n) is 7.61. The number of benzene rings is 2. The molecule has 0 aliphatic heterocycles. The van der Waals surface area contributed by atoms with Crippen LogP contribution in [-0.4, -0.2) is 27.2 Å². The van der Waals surface area contributed by atoms with Crippen LogP contribution in [0.3, 0.4) is 0 Å². The summed E-state index contributed by atoms with van der Waals surface area (Å²) in [4.78, 5) is 13.3. The first-order chi connectivity index (χ1) is 11.0. The van der Waals surface area contributed by atoms with Gasteiger partial charge in [0, 0.05) is 25.9 Å². The van der Waals surface area contributed by atoms with Gasteiger partial charge in [-0.15, -0.1) is 0 Å². The van der Waals surface area contributed by atoms with Crippen LogP contribution in [0.5, 0.6) is 0 Å². The number of esters is 1. The lowest BCUT2D eigenvalue weighted by molar-refractivity contribution is -0.134. The number of hydrogen-bond donors (Lipinski definition) is 0. The van der Waals surface area contributed by atoms with Gasteiger partial charge in [-0.1, -0.05) is 42.0 Å². The minimum Gasteiger partial charge on any atom is -0.466 e. The Morgan fingerprint density at radius 1 is 1.00 bits per heavy atom. The van der Waals surface area contributed by atoms with Gasteiger partial charge in [0.05, 0.1) is 7.11 Å². The van der Waals surface area contributed by atoms with Crippen molar-refractivity contribution >= 4 is 11.7 Å². The standard InChI is InChI=1S/C20H23NO2/c1-15(14-20(22)23-4)13-16-5-7-17(8-6-16)18-9-11-19(12-10-18)21(2)3/h5-12,14H,13H2,1-4H3/b15-14+. The Kier molecular flexibility index (Phi) is 5.58. The van der Waals surface area contributed by atoms with E-state index in [0.29, 0.717) is 0 Å². The van der Waals surface area contributed by atoms with Crippen LogP contribution in [0.25, 0.3) is 11.1 Å². The summed E-state index contributed by atoms with van der Waals surface area (Å²) in [7, 11) is 5.46. The molecule has 0 heterocycles. The SMILES string of the molecule is COC(=O)/C=C(\C)Cc1ccc(-c2ccc(N(C)C)cc2)cc1. The molecule has 2 rings (SSSR count). The molecule has 0 amide bonds. The van der Waals surface area contributed by atoms with E-state index in [2.05, 4.69) is 58.2 Å². The van der Waals surface area contributed by atoms with Crippen molar-refractivity contribution in [2.75, 3.05) is 26.1 Å². The maximum Gasteiger partial charge on any atom is 0.330 e. The minimum absolute atomic E-state index is 0.305. The number of carbonyl (C=O) groups is 1. The quantitative estimate of drug-likeness (QED) is 0.615. The smallest absolute Gasteiger partial charge is 0.330 e. The fraction of sp³-hybridized carbons (Fsp3) is 0.250. The van der Waals surface area contributed by atoms with Crippen molar-refractivity contribution in [3.05, 3.63) is 65.7 Å². The highest BCUT2D eigenvalue weighted by molar-refractivity contribution is 5.82. The van der Waals surface area contributed by atoms with Crippen LogP contribution in [0.15, 0.2) is 60.2 Å². The minimum atomic E-state index is -0.305. The molecule has 0 spiro atoms. The van der Waals surface area contributed by atoms with Crippen LogP contribution in [0, 0.1) is 0 Å². The van der Waals surface area contributed by atoms with Crippen LogP contribution in [0.4, 0.5) is 5.69 Å². The van der Waals surface area contributed by atoms with E-state index in [9.17, 15) is 4.79 Å². The third kappa shape index (κ3) is 4.71. The molecule has 120 valence electrons. The zero-order valence-electron chi connectivity index (χ0n) is 14.2. The van der Waals surface area contributed by atoms with Crippen molar-refractivity contribution < 1.29 is 9.53 Å². The summed E-state index contributed by atoms with van der Waals surface area (Å²) in [5.74, 6) is -0.305. The largest absolute Gasteiger partial charge is 0.466 e. The molecule has 2 aromatic rings. The van der Waals surface area contributed by atoms with Gasteiger partial charge in [-0.05, 0) is 42.2 Å². The van der Waals surface area contributed by atoms with Gasteiger partial charge in [0.25, 0.3) is 0 Å². The van der Waals surface area contributed by atoms with Crippen LogP contribution in [0.2, 0.25) is 0 Å². The van der Waals surface area contributed by atoms with E-state index >= 15 is 0 Å². The van der Waals surface area contributed by atoms with Gasteiger partial charge < -0.3 is 9.64 Å². The van der Waals surface area contributed by atoms with E-state index in [-0.39, 0.29) is 5.97 Å². The fourth-order valence-electron chi connectivity index (χ4n) is 2.40. The number of methoxy groups -OCH3 is 1. The maximum atomic E-state index is 11.2. The summed E-state index contributed by atoms with van der Waals surface area (Å²) >= 11 is 0. The Morgan fingerprint density at radius 2 is 1.52 bits per heavy atom. The second-order valence-corrected chi connectivity index (χ2v) is 5.83. The first kappa shape index (κ1) is 16.8. The zero-order chi connectivity index (χ0) is 16.8. The number of hydrogen-bond acceptors (Lipinski definition) is 3. The third-order valence-electron chi connectivity index (χ3n) is 3.72. The molecule has 3 nitrogen and oxygen atoms in total. The molecule has 0 bridgehead atoms. The molecule has 0 fully saturated rings. The lowest BCUT2D eigenvalue weighted by atomic mass is 10.0. The topological polar surface area (TPSA) is 29.5 Å². The summed E-state index contributed by atoms with van der Waals surface area (Å²) in [5, 5.41) is 0. The highest BCUT2D eigenvalue weighted by Crippen LogP contribution is 2.23. The number of nitrogens with zero attached hydrogens (tertiary/aromatic N) is 1. The highest BCUT2D eigenvalue weighted by Gasteiger charge is 2.02. The van der Waals surface area contributed by atoms with Crippen molar-refractivity contribution in [3.63, 3.8) is 0 Å². The van der Waals surface area contributed by atoms with Gasteiger partial charge in [0.15, 0.2) is 0 Å².